The van der Waals surface area contributed by atoms with Gasteiger partial charge >= 0.3 is 0 Å². The summed E-state index contributed by atoms with van der Waals surface area (Å²) >= 11 is 0. The number of nitrogens with one attached hydrogen (secondary N) is 3. The van der Waals surface area contributed by atoms with Gasteiger partial charge in [0.25, 0.3) is 0 Å². The van der Waals surface area contributed by atoms with Gasteiger partial charge in [0.15, 0.2) is 0 Å². The molecule has 24 heavy (non-hydrogen) atoms. The number of rotatable bonds is 3. The fourth-order valence-electron chi connectivity index (χ4n) is 2.89. The van der Waals surface area contributed by atoms with Gasteiger partial charge in [-0.25, -0.2) is 0 Å². The highest BCUT2D eigenvalue weighted by Gasteiger charge is 2.29. The van der Waals surface area contributed by atoms with Gasteiger partial charge in [-0.15, -0.1) is 0 Å². The second-order valence-corrected chi connectivity index (χ2v) is 5.64. The van der Waals surface area contributed by atoms with E-state index in [4.69, 9.17) is 0 Å². The molecule has 0 spiro atoms. The molecular weight excluding hydrogens is 300 g/mol. The molecule has 3 aromatic rings. The molecule has 1 saturated heterocycles. The number of hydrogen-bond donors (Lipinski definition) is 3. The van der Waals surface area contributed by atoms with Gasteiger partial charge < -0.3 is 0 Å². The Morgan fingerprint density at radius 2 is 0.708 bits per heavy atom. The molecule has 0 saturated carbocycles. The van der Waals surface area contributed by atoms with Gasteiger partial charge in [0.05, 0.1) is 18.5 Å². The van der Waals surface area contributed by atoms with Gasteiger partial charge in [0.2, 0.25) is 0 Å². The van der Waals surface area contributed by atoms with Crippen molar-refractivity contribution in [3.8, 4) is 0 Å². The molecule has 1 aliphatic rings. The minimum Gasteiger partial charge on any atom is -0.279 e. The van der Waals surface area contributed by atoms with Crippen molar-refractivity contribution in [1.82, 2.24) is 30.9 Å². The fourth-order valence-corrected chi connectivity index (χ4v) is 2.89. The maximum atomic E-state index is 4.11. The molecule has 1 aliphatic heterocycles. The van der Waals surface area contributed by atoms with E-state index in [0.29, 0.717) is 0 Å². The molecule has 3 aromatic heterocycles. The maximum absolute atomic E-state index is 4.11. The van der Waals surface area contributed by atoms with Crippen LogP contribution in [0.25, 0.3) is 0 Å². The smallest absolute Gasteiger partial charge is 0.0865 e. The molecule has 3 N–H and O–H groups in total. The minimum atomic E-state index is 0.00517. The lowest BCUT2D eigenvalue weighted by Gasteiger charge is -2.39. The van der Waals surface area contributed by atoms with Crippen LogP contribution in [-0.2, 0) is 0 Å². The molecule has 4 rings (SSSR count). The van der Waals surface area contributed by atoms with Gasteiger partial charge in [0, 0.05) is 37.2 Å². The first kappa shape index (κ1) is 14.9. The molecule has 0 unspecified atom stereocenters. The zero-order chi connectivity index (χ0) is 16.2. The quantitative estimate of drug-likeness (QED) is 0.686. The van der Waals surface area contributed by atoms with E-state index in [1.165, 1.54) is 0 Å². The van der Waals surface area contributed by atoms with Crippen LogP contribution in [0.1, 0.15) is 35.2 Å². The van der Waals surface area contributed by atoms with Crippen LogP contribution in [0.3, 0.4) is 0 Å². The van der Waals surface area contributed by atoms with Crippen LogP contribution >= 0.6 is 0 Å². The summed E-state index contributed by atoms with van der Waals surface area (Å²) in [6.45, 7) is 0. The van der Waals surface area contributed by atoms with E-state index < -0.39 is 0 Å². The van der Waals surface area contributed by atoms with E-state index >= 15 is 0 Å². The lowest BCUT2D eigenvalue weighted by Crippen LogP contribution is -2.54. The molecule has 4 heterocycles. The monoisotopic (exact) mass is 318 g/mol. The molecule has 120 valence electrons. The Morgan fingerprint density at radius 3 is 0.958 bits per heavy atom. The molecule has 6 heteroatoms. The van der Waals surface area contributed by atoms with Crippen molar-refractivity contribution in [2.45, 2.75) is 18.5 Å². The van der Waals surface area contributed by atoms with Crippen molar-refractivity contribution in [1.29, 1.82) is 0 Å². The summed E-state index contributed by atoms with van der Waals surface area (Å²) in [5.41, 5.74) is 3.43. The Kier molecular flexibility index (Phi) is 4.24. The number of pyridine rings is 3. The predicted molar refractivity (Wildman–Crippen MR) is 90.3 cm³/mol. The molecule has 0 radical (unpaired) electrons. The number of hydrogen-bond acceptors (Lipinski definition) is 6. The highest BCUT2D eigenvalue weighted by molar-refractivity contribution is 5.23. The first-order chi connectivity index (χ1) is 11.9. The van der Waals surface area contributed by atoms with Crippen LogP contribution in [0, 0.1) is 0 Å². The van der Waals surface area contributed by atoms with Crippen LogP contribution in [0.15, 0.2) is 73.6 Å². The average Bonchev–Trinajstić information content (AvgIpc) is 2.70. The normalized spacial score (nSPS) is 23.8. The average molecular weight is 318 g/mol. The van der Waals surface area contributed by atoms with Crippen LogP contribution in [0.5, 0.6) is 0 Å². The fraction of sp³-hybridized carbons (Fsp3) is 0.167. The molecule has 0 atom stereocenters. The SMILES string of the molecule is c1cc(C2NC(c3ccncc3)NC(c3ccncc3)N2)ccn1. The van der Waals surface area contributed by atoms with Crippen LogP contribution < -0.4 is 16.0 Å². The lowest BCUT2D eigenvalue weighted by atomic mass is 10.1. The molecule has 0 bridgehead atoms. The summed E-state index contributed by atoms with van der Waals surface area (Å²) < 4.78 is 0. The van der Waals surface area contributed by atoms with Crippen LogP contribution in [0.4, 0.5) is 0 Å². The van der Waals surface area contributed by atoms with Gasteiger partial charge in [-0.05, 0) is 53.1 Å². The zero-order valence-corrected chi connectivity index (χ0v) is 13.0. The molecule has 6 nitrogen and oxygen atoms in total. The summed E-state index contributed by atoms with van der Waals surface area (Å²) in [6.07, 6.45) is 10.9. The van der Waals surface area contributed by atoms with Crippen LogP contribution in [-0.4, -0.2) is 15.0 Å². The van der Waals surface area contributed by atoms with Gasteiger partial charge in [-0.3, -0.25) is 30.9 Å². The van der Waals surface area contributed by atoms with Crippen molar-refractivity contribution >= 4 is 0 Å². The predicted octanol–water partition coefficient (Wildman–Crippen LogP) is 2.05. The van der Waals surface area contributed by atoms with Crippen molar-refractivity contribution in [3.63, 3.8) is 0 Å². The molecule has 0 aliphatic carbocycles. The molecular formula is C18H18N6. The van der Waals surface area contributed by atoms with E-state index in [-0.39, 0.29) is 18.5 Å². The standard InChI is InChI=1S/C18H18N6/c1-7-19-8-2-13(1)16-22-17(14-3-9-20-10-4-14)24-18(23-16)15-5-11-21-12-6-15/h1-12,16-18,22-24H. The van der Waals surface area contributed by atoms with E-state index in [1.54, 1.807) is 0 Å². The highest BCUT2D eigenvalue weighted by atomic mass is 15.4. The van der Waals surface area contributed by atoms with Crippen molar-refractivity contribution in [3.05, 3.63) is 90.3 Å². The number of nitrogens with zero attached hydrogens (tertiary/aromatic N) is 3. The number of aromatic nitrogens is 3. The van der Waals surface area contributed by atoms with Crippen molar-refractivity contribution < 1.29 is 0 Å². The lowest BCUT2D eigenvalue weighted by molar-refractivity contribution is 0.203. The third kappa shape index (κ3) is 3.16. The zero-order valence-electron chi connectivity index (χ0n) is 13.0. The summed E-state index contributed by atoms with van der Waals surface area (Å²) in [5, 5.41) is 10.8. The van der Waals surface area contributed by atoms with Gasteiger partial charge in [-0.2, -0.15) is 0 Å². The molecule has 0 amide bonds. The first-order valence-corrected chi connectivity index (χ1v) is 7.88. The van der Waals surface area contributed by atoms with E-state index in [0.717, 1.165) is 16.7 Å². The third-order valence-electron chi connectivity index (χ3n) is 4.12. The summed E-state index contributed by atoms with van der Waals surface area (Å²) in [5.74, 6) is 0. The van der Waals surface area contributed by atoms with Gasteiger partial charge in [0.1, 0.15) is 0 Å². The maximum Gasteiger partial charge on any atom is 0.0865 e. The second-order valence-electron chi connectivity index (χ2n) is 5.64. The van der Waals surface area contributed by atoms with Crippen molar-refractivity contribution in [2.24, 2.45) is 0 Å². The molecule has 0 aromatic carbocycles. The Morgan fingerprint density at radius 1 is 0.458 bits per heavy atom. The Balaban J connectivity index is 1.66. The second kappa shape index (κ2) is 6.84. The third-order valence-corrected chi connectivity index (χ3v) is 4.12. The first-order valence-electron chi connectivity index (χ1n) is 7.88. The minimum absolute atomic E-state index is 0.00517. The topological polar surface area (TPSA) is 74.8 Å². The largest absolute Gasteiger partial charge is 0.279 e. The van der Waals surface area contributed by atoms with E-state index in [2.05, 4.69) is 30.9 Å². The summed E-state index contributed by atoms with van der Waals surface area (Å²) in [6, 6.07) is 12.1. The Hall–Kier alpha value is -2.67. The van der Waals surface area contributed by atoms with Gasteiger partial charge in [-0.1, -0.05) is 0 Å². The van der Waals surface area contributed by atoms with E-state index in [9.17, 15) is 0 Å². The highest BCUT2D eigenvalue weighted by Crippen LogP contribution is 2.26. The molecule has 1 fully saturated rings. The Bertz CT molecular complexity index is 651. The van der Waals surface area contributed by atoms with Crippen LogP contribution in [0.2, 0.25) is 0 Å². The van der Waals surface area contributed by atoms with Crippen molar-refractivity contribution in [2.75, 3.05) is 0 Å². The van der Waals surface area contributed by atoms with E-state index in [1.807, 2.05) is 73.6 Å². The summed E-state index contributed by atoms with van der Waals surface area (Å²) in [4.78, 5) is 12.3. The Labute approximate surface area is 140 Å². The summed E-state index contributed by atoms with van der Waals surface area (Å²) in [7, 11) is 0.